The molecule has 0 aliphatic rings. The molecule has 0 unspecified atom stereocenters. The van der Waals surface area contributed by atoms with Gasteiger partial charge in [0.2, 0.25) is 0 Å². The molecule has 3 N–H and O–H groups in total. The molecule has 1 aromatic heterocycles. The van der Waals surface area contributed by atoms with Crippen LogP contribution >= 0.6 is 0 Å². The van der Waals surface area contributed by atoms with Crippen molar-refractivity contribution in [2.24, 2.45) is 0 Å². The van der Waals surface area contributed by atoms with Gasteiger partial charge in [0, 0.05) is 23.1 Å². The maximum absolute atomic E-state index is 14.7. The molecule has 178 valence electrons. The van der Waals surface area contributed by atoms with Crippen LogP contribution < -0.4 is 14.8 Å². The molecule has 33 heavy (non-hydrogen) atoms. The van der Waals surface area contributed by atoms with E-state index in [2.05, 4.69) is 15.3 Å². The van der Waals surface area contributed by atoms with Gasteiger partial charge >= 0.3 is 5.92 Å². The summed E-state index contributed by atoms with van der Waals surface area (Å²) < 4.78 is 40.3. The number of halogens is 2. The van der Waals surface area contributed by atoms with Crippen LogP contribution in [0.2, 0.25) is 0 Å². The highest BCUT2D eigenvalue weighted by Crippen LogP contribution is 2.40. The van der Waals surface area contributed by atoms with Gasteiger partial charge in [-0.1, -0.05) is 18.2 Å². The Morgan fingerprint density at radius 1 is 1.12 bits per heavy atom. The van der Waals surface area contributed by atoms with E-state index in [0.717, 1.165) is 13.8 Å². The largest absolute Gasteiger partial charge is 0.493 e. The number of aliphatic hydroxyl groups excluding tert-OH is 1. The van der Waals surface area contributed by atoms with Crippen molar-refractivity contribution in [2.45, 2.75) is 45.3 Å². The number of hydrogen-bond donors (Lipinski definition) is 3. The van der Waals surface area contributed by atoms with Gasteiger partial charge in [0.15, 0.2) is 11.5 Å². The van der Waals surface area contributed by atoms with Gasteiger partial charge in [0.1, 0.15) is 23.9 Å². The van der Waals surface area contributed by atoms with E-state index in [0.29, 0.717) is 39.6 Å². The third-order valence-electron chi connectivity index (χ3n) is 5.31. The Labute approximate surface area is 191 Å². The topological polar surface area (TPSA) is 96.7 Å². The van der Waals surface area contributed by atoms with E-state index < -0.39 is 11.5 Å². The zero-order valence-corrected chi connectivity index (χ0v) is 19.3. The maximum Gasteiger partial charge on any atom is 0.300 e. The molecule has 0 aliphatic carbocycles. The highest BCUT2D eigenvalue weighted by molar-refractivity contribution is 5.92. The lowest BCUT2D eigenvalue weighted by Gasteiger charge is -2.30. The average Bonchev–Trinajstić information content (AvgIpc) is 2.76. The first-order valence-electron chi connectivity index (χ1n) is 10.5. The van der Waals surface area contributed by atoms with E-state index in [1.807, 2.05) is 6.92 Å². The molecule has 0 bridgehead atoms. The van der Waals surface area contributed by atoms with Crippen molar-refractivity contribution >= 4 is 16.7 Å². The molecule has 1 heterocycles. The molecule has 0 amide bonds. The number of benzene rings is 2. The number of anilines is 1. The van der Waals surface area contributed by atoms with Gasteiger partial charge in [-0.05, 0) is 45.4 Å². The SMILES string of the molecule is COc1cc2nc(C)nc(N[C@H](C)c3cccc(C(F)(F)C(C)(C)O)c3)c2cc1OCCO. The standard InChI is InChI=1S/C24H29F2N3O4/c1-14(16-7-6-8-17(11-16)24(25,26)23(3,4)31)27-22-18-12-21(33-10-9-30)20(32-5)13-19(18)28-15(2)29-22/h6-8,11-14,30-31H,9-10H2,1-5H3,(H,27,28,29)/t14-/m1/s1. The second-order valence-corrected chi connectivity index (χ2v) is 8.34. The highest BCUT2D eigenvalue weighted by Gasteiger charge is 2.47. The van der Waals surface area contributed by atoms with E-state index in [4.69, 9.17) is 14.6 Å². The summed E-state index contributed by atoms with van der Waals surface area (Å²) in [5.74, 6) is -1.51. The number of methoxy groups -OCH3 is 1. The average molecular weight is 462 g/mol. The lowest BCUT2D eigenvalue weighted by molar-refractivity contribution is -0.168. The Morgan fingerprint density at radius 2 is 1.85 bits per heavy atom. The molecule has 3 aromatic rings. The fourth-order valence-corrected chi connectivity index (χ4v) is 3.44. The number of aryl methyl sites for hydroxylation is 1. The van der Waals surface area contributed by atoms with Gasteiger partial charge in [0.05, 0.1) is 19.2 Å². The normalized spacial score (nSPS) is 13.1. The third-order valence-corrected chi connectivity index (χ3v) is 5.31. The molecule has 9 heteroatoms. The summed E-state index contributed by atoms with van der Waals surface area (Å²) in [7, 11) is 1.51. The van der Waals surface area contributed by atoms with Crippen LogP contribution in [0.15, 0.2) is 36.4 Å². The molecule has 3 rings (SSSR count). The third kappa shape index (κ3) is 5.15. The second-order valence-electron chi connectivity index (χ2n) is 8.34. The van der Waals surface area contributed by atoms with Crippen molar-refractivity contribution in [3.8, 4) is 11.5 Å². The monoisotopic (exact) mass is 461 g/mol. The highest BCUT2D eigenvalue weighted by atomic mass is 19.3. The predicted octanol–water partition coefficient (Wildman–Crippen LogP) is 4.35. The number of hydrogen-bond acceptors (Lipinski definition) is 7. The summed E-state index contributed by atoms with van der Waals surface area (Å²) >= 11 is 0. The second kappa shape index (κ2) is 9.44. The first kappa shape index (κ1) is 24.6. The first-order chi connectivity index (χ1) is 15.5. The minimum atomic E-state index is -3.42. The molecule has 2 aromatic carbocycles. The van der Waals surface area contributed by atoms with Crippen LogP contribution in [-0.2, 0) is 5.92 Å². The smallest absolute Gasteiger partial charge is 0.300 e. The number of fused-ring (bicyclic) bond motifs is 1. The van der Waals surface area contributed by atoms with Crippen molar-refractivity contribution in [3.63, 3.8) is 0 Å². The number of rotatable bonds is 9. The Kier molecular flexibility index (Phi) is 7.04. The number of nitrogens with zero attached hydrogens (tertiary/aromatic N) is 2. The summed E-state index contributed by atoms with van der Waals surface area (Å²) in [5, 5.41) is 22.9. The molecule has 1 atom stereocenters. The zero-order chi connectivity index (χ0) is 24.4. The molecular formula is C24H29F2N3O4. The summed E-state index contributed by atoms with van der Waals surface area (Å²) in [4.78, 5) is 8.95. The van der Waals surface area contributed by atoms with E-state index in [-0.39, 0.29) is 24.8 Å². The summed E-state index contributed by atoms with van der Waals surface area (Å²) in [6, 6.07) is 9.01. The van der Waals surface area contributed by atoms with Crippen LogP contribution in [0, 0.1) is 6.92 Å². The summed E-state index contributed by atoms with van der Waals surface area (Å²) in [5.41, 5.74) is -1.25. The van der Waals surface area contributed by atoms with Gasteiger partial charge in [-0.15, -0.1) is 0 Å². The van der Waals surface area contributed by atoms with Gasteiger partial charge in [-0.2, -0.15) is 8.78 Å². The van der Waals surface area contributed by atoms with Crippen LogP contribution in [0.3, 0.4) is 0 Å². The summed E-state index contributed by atoms with van der Waals surface area (Å²) in [6.07, 6.45) is 0. The van der Waals surface area contributed by atoms with Crippen LogP contribution in [0.1, 0.15) is 43.8 Å². The van der Waals surface area contributed by atoms with Crippen LogP contribution in [0.25, 0.3) is 10.9 Å². The number of nitrogens with one attached hydrogen (secondary N) is 1. The fraction of sp³-hybridized carbons (Fsp3) is 0.417. The maximum atomic E-state index is 14.7. The Bertz CT molecular complexity index is 1130. The lowest BCUT2D eigenvalue weighted by atomic mass is 9.91. The quantitative estimate of drug-likeness (QED) is 0.436. The molecular weight excluding hydrogens is 432 g/mol. The molecule has 0 radical (unpaired) electrons. The number of alkyl halides is 2. The fourth-order valence-electron chi connectivity index (χ4n) is 3.44. The zero-order valence-electron chi connectivity index (χ0n) is 19.3. The van der Waals surface area contributed by atoms with Gasteiger partial charge in [0.25, 0.3) is 0 Å². The van der Waals surface area contributed by atoms with E-state index in [1.165, 1.54) is 25.3 Å². The molecule has 0 fully saturated rings. The van der Waals surface area contributed by atoms with Crippen molar-refractivity contribution < 1.29 is 28.5 Å². The molecule has 0 saturated heterocycles. The Hall–Kier alpha value is -3.04. The number of aromatic nitrogens is 2. The van der Waals surface area contributed by atoms with Crippen molar-refractivity contribution in [1.29, 1.82) is 0 Å². The van der Waals surface area contributed by atoms with Crippen LogP contribution in [0.4, 0.5) is 14.6 Å². The van der Waals surface area contributed by atoms with E-state index in [9.17, 15) is 13.9 Å². The van der Waals surface area contributed by atoms with E-state index >= 15 is 0 Å². The summed E-state index contributed by atoms with van der Waals surface area (Å²) in [6.45, 7) is 5.69. The Balaban J connectivity index is 2.00. The lowest BCUT2D eigenvalue weighted by Crippen LogP contribution is -2.40. The van der Waals surface area contributed by atoms with Gasteiger partial charge in [-0.3, -0.25) is 0 Å². The van der Waals surface area contributed by atoms with Gasteiger partial charge in [-0.25, -0.2) is 9.97 Å². The Morgan fingerprint density at radius 3 is 2.48 bits per heavy atom. The van der Waals surface area contributed by atoms with Crippen molar-refractivity contribution in [1.82, 2.24) is 9.97 Å². The van der Waals surface area contributed by atoms with Crippen molar-refractivity contribution in [3.05, 3.63) is 53.3 Å². The van der Waals surface area contributed by atoms with Gasteiger partial charge < -0.3 is 25.0 Å². The van der Waals surface area contributed by atoms with Crippen LogP contribution in [0.5, 0.6) is 11.5 Å². The first-order valence-corrected chi connectivity index (χ1v) is 10.5. The molecule has 0 saturated carbocycles. The predicted molar refractivity (Wildman–Crippen MR) is 122 cm³/mol. The van der Waals surface area contributed by atoms with E-state index in [1.54, 1.807) is 25.1 Å². The molecule has 7 nitrogen and oxygen atoms in total. The van der Waals surface area contributed by atoms with Crippen LogP contribution in [-0.4, -0.2) is 46.1 Å². The van der Waals surface area contributed by atoms with Crippen molar-refractivity contribution in [2.75, 3.05) is 25.6 Å². The minimum absolute atomic E-state index is 0.0932. The number of ether oxygens (including phenoxy) is 2. The molecule has 0 aliphatic heterocycles. The minimum Gasteiger partial charge on any atom is -0.493 e. The number of aliphatic hydroxyl groups is 2. The molecule has 0 spiro atoms.